The summed E-state index contributed by atoms with van der Waals surface area (Å²) in [6.07, 6.45) is 1.72. The Morgan fingerprint density at radius 3 is 2.38 bits per heavy atom. The number of rotatable bonds is 5. The molecule has 0 atom stereocenters. The predicted octanol–water partition coefficient (Wildman–Crippen LogP) is 4.64. The Hall–Kier alpha value is -2.00. The molecule has 0 aromatic heterocycles. The average molecular weight is 303 g/mol. The van der Waals surface area contributed by atoms with Crippen molar-refractivity contribution in [3.05, 3.63) is 53.1 Å². The number of hydrogen-bond donors (Lipinski definition) is 1. The van der Waals surface area contributed by atoms with Crippen LogP contribution < -0.4 is 4.90 Å². The van der Waals surface area contributed by atoms with E-state index in [0.29, 0.717) is 10.7 Å². The Morgan fingerprint density at radius 2 is 1.76 bits per heavy atom. The van der Waals surface area contributed by atoms with E-state index in [4.69, 9.17) is 11.6 Å². The van der Waals surface area contributed by atoms with Crippen molar-refractivity contribution >= 4 is 29.2 Å². The minimum Gasteiger partial charge on any atom is -0.506 e. The van der Waals surface area contributed by atoms with Crippen LogP contribution in [-0.4, -0.2) is 24.4 Å². The van der Waals surface area contributed by atoms with E-state index >= 15 is 0 Å². The van der Waals surface area contributed by atoms with Crippen LogP contribution in [0.15, 0.2) is 47.5 Å². The summed E-state index contributed by atoms with van der Waals surface area (Å²) in [6, 6.07) is 13.0. The molecule has 0 aliphatic carbocycles. The minimum absolute atomic E-state index is 0.121. The van der Waals surface area contributed by atoms with Gasteiger partial charge in [0.1, 0.15) is 11.4 Å². The molecule has 0 unspecified atom stereocenters. The molecule has 0 radical (unpaired) electrons. The van der Waals surface area contributed by atoms with Gasteiger partial charge in [0, 0.05) is 30.0 Å². The van der Waals surface area contributed by atoms with Gasteiger partial charge in [0.25, 0.3) is 0 Å². The van der Waals surface area contributed by atoms with Crippen molar-refractivity contribution < 1.29 is 5.11 Å². The van der Waals surface area contributed by atoms with Gasteiger partial charge in [-0.05, 0) is 49.7 Å². The van der Waals surface area contributed by atoms with Crippen LogP contribution in [0.2, 0.25) is 5.02 Å². The zero-order valence-corrected chi connectivity index (χ0v) is 13.0. The number of anilines is 1. The first-order chi connectivity index (χ1) is 10.1. The SMILES string of the molecule is CCN(CC)c1ccc(C=Nc2cc(Cl)ccc2O)cc1. The van der Waals surface area contributed by atoms with Gasteiger partial charge in [0.2, 0.25) is 0 Å². The average Bonchev–Trinajstić information content (AvgIpc) is 2.51. The number of aromatic hydroxyl groups is 1. The van der Waals surface area contributed by atoms with Crippen LogP contribution >= 0.6 is 11.6 Å². The van der Waals surface area contributed by atoms with E-state index in [0.717, 1.165) is 18.7 Å². The zero-order chi connectivity index (χ0) is 15.2. The molecule has 4 heteroatoms. The largest absolute Gasteiger partial charge is 0.506 e. The van der Waals surface area contributed by atoms with Crippen molar-refractivity contribution in [3.63, 3.8) is 0 Å². The van der Waals surface area contributed by atoms with Crippen molar-refractivity contribution in [3.8, 4) is 5.75 Å². The molecule has 0 amide bonds. The molecule has 0 spiro atoms. The molecule has 21 heavy (non-hydrogen) atoms. The lowest BCUT2D eigenvalue weighted by Gasteiger charge is -2.20. The molecule has 0 bridgehead atoms. The predicted molar refractivity (Wildman–Crippen MR) is 90.4 cm³/mol. The molecule has 3 nitrogen and oxygen atoms in total. The molecule has 0 saturated heterocycles. The van der Waals surface area contributed by atoms with Gasteiger partial charge >= 0.3 is 0 Å². The monoisotopic (exact) mass is 302 g/mol. The number of benzene rings is 2. The Balaban J connectivity index is 2.16. The van der Waals surface area contributed by atoms with Gasteiger partial charge in [-0.3, -0.25) is 4.99 Å². The second kappa shape index (κ2) is 7.14. The van der Waals surface area contributed by atoms with E-state index in [2.05, 4.69) is 35.9 Å². The maximum atomic E-state index is 9.71. The third-order valence-corrected chi connectivity index (χ3v) is 3.55. The Kier molecular flexibility index (Phi) is 5.23. The van der Waals surface area contributed by atoms with Crippen LogP contribution in [0.4, 0.5) is 11.4 Å². The van der Waals surface area contributed by atoms with Crippen LogP contribution in [0, 0.1) is 0 Å². The van der Waals surface area contributed by atoms with Gasteiger partial charge in [0.05, 0.1) is 0 Å². The summed E-state index contributed by atoms with van der Waals surface area (Å²) in [7, 11) is 0. The number of hydrogen-bond acceptors (Lipinski definition) is 3. The van der Waals surface area contributed by atoms with Crippen molar-refractivity contribution in [2.45, 2.75) is 13.8 Å². The highest BCUT2D eigenvalue weighted by Crippen LogP contribution is 2.29. The second-order valence-corrected chi connectivity index (χ2v) is 5.09. The molecule has 110 valence electrons. The van der Waals surface area contributed by atoms with Crippen molar-refractivity contribution in [2.75, 3.05) is 18.0 Å². The molecular formula is C17H19ClN2O. The van der Waals surface area contributed by atoms with Crippen molar-refractivity contribution in [1.82, 2.24) is 0 Å². The highest BCUT2D eigenvalue weighted by Gasteiger charge is 2.01. The van der Waals surface area contributed by atoms with E-state index < -0.39 is 0 Å². The molecule has 0 fully saturated rings. The van der Waals surface area contributed by atoms with Gasteiger partial charge in [-0.15, -0.1) is 0 Å². The third kappa shape index (κ3) is 3.99. The van der Waals surface area contributed by atoms with E-state index in [1.54, 1.807) is 24.4 Å². The first-order valence-corrected chi connectivity index (χ1v) is 7.39. The number of phenolic OH excluding ortho intramolecular Hbond substituents is 1. The maximum absolute atomic E-state index is 9.71. The second-order valence-electron chi connectivity index (χ2n) is 4.66. The molecule has 0 aliphatic rings. The minimum atomic E-state index is 0.121. The molecule has 2 rings (SSSR count). The molecule has 0 saturated carbocycles. The Labute approximate surface area is 130 Å². The molecule has 2 aromatic rings. The standard InChI is InChI=1S/C17H19ClN2O/c1-3-20(4-2)15-8-5-13(6-9-15)12-19-16-11-14(18)7-10-17(16)21/h5-12,21H,3-4H2,1-2H3. The first-order valence-electron chi connectivity index (χ1n) is 7.01. The summed E-state index contributed by atoms with van der Waals surface area (Å²) in [4.78, 5) is 6.56. The number of phenols is 1. The van der Waals surface area contributed by atoms with E-state index in [1.807, 2.05) is 12.1 Å². The summed E-state index contributed by atoms with van der Waals surface area (Å²) < 4.78 is 0. The van der Waals surface area contributed by atoms with Gasteiger partial charge in [-0.25, -0.2) is 0 Å². The number of halogens is 1. The number of aliphatic imine (C=N–C) groups is 1. The smallest absolute Gasteiger partial charge is 0.141 e. The molecule has 0 heterocycles. The fraction of sp³-hybridized carbons (Fsp3) is 0.235. The van der Waals surface area contributed by atoms with Crippen LogP contribution in [-0.2, 0) is 0 Å². The lowest BCUT2D eigenvalue weighted by atomic mass is 10.2. The van der Waals surface area contributed by atoms with Gasteiger partial charge in [0.15, 0.2) is 0 Å². The highest BCUT2D eigenvalue weighted by molar-refractivity contribution is 6.30. The summed E-state index contributed by atoms with van der Waals surface area (Å²) >= 11 is 5.90. The van der Waals surface area contributed by atoms with Crippen LogP contribution in [0.1, 0.15) is 19.4 Å². The van der Waals surface area contributed by atoms with Gasteiger partial charge in [-0.2, -0.15) is 0 Å². The quantitative estimate of drug-likeness (QED) is 0.817. The fourth-order valence-corrected chi connectivity index (χ4v) is 2.27. The number of nitrogens with zero attached hydrogens (tertiary/aromatic N) is 2. The molecule has 1 N–H and O–H groups in total. The normalized spacial score (nSPS) is 11.0. The maximum Gasteiger partial charge on any atom is 0.141 e. The third-order valence-electron chi connectivity index (χ3n) is 3.31. The zero-order valence-electron chi connectivity index (χ0n) is 12.3. The summed E-state index contributed by atoms with van der Waals surface area (Å²) in [5.74, 6) is 0.121. The summed E-state index contributed by atoms with van der Waals surface area (Å²) in [5.41, 5.74) is 2.64. The van der Waals surface area contributed by atoms with Gasteiger partial charge < -0.3 is 10.0 Å². The fourth-order valence-electron chi connectivity index (χ4n) is 2.10. The van der Waals surface area contributed by atoms with E-state index in [-0.39, 0.29) is 5.75 Å². The van der Waals surface area contributed by atoms with Gasteiger partial charge in [-0.1, -0.05) is 23.7 Å². The molecule has 0 aliphatic heterocycles. The van der Waals surface area contributed by atoms with E-state index in [1.165, 1.54) is 5.69 Å². The topological polar surface area (TPSA) is 35.8 Å². The Bertz CT molecular complexity index is 619. The Morgan fingerprint density at radius 1 is 1.10 bits per heavy atom. The summed E-state index contributed by atoms with van der Waals surface area (Å²) in [5, 5.41) is 10.3. The summed E-state index contributed by atoms with van der Waals surface area (Å²) in [6.45, 7) is 6.25. The first kappa shape index (κ1) is 15.4. The highest BCUT2D eigenvalue weighted by atomic mass is 35.5. The van der Waals surface area contributed by atoms with Crippen LogP contribution in [0.3, 0.4) is 0 Å². The van der Waals surface area contributed by atoms with Crippen molar-refractivity contribution in [2.24, 2.45) is 4.99 Å². The lowest BCUT2D eigenvalue weighted by Crippen LogP contribution is -2.21. The van der Waals surface area contributed by atoms with E-state index in [9.17, 15) is 5.11 Å². The van der Waals surface area contributed by atoms with Crippen LogP contribution in [0.5, 0.6) is 5.75 Å². The lowest BCUT2D eigenvalue weighted by molar-refractivity contribution is 0.477. The molecule has 2 aromatic carbocycles. The molecular weight excluding hydrogens is 284 g/mol. The van der Waals surface area contributed by atoms with Crippen molar-refractivity contribution in [1.29, 1.82) is 0 Å². The van der Waals surface area contributed by atoms with Crippen LogP contribution in [0.25, 0.3) is 0 Å².